The van der Waals surface area contributed by atoms with E-state index in [0.717, 1.165) is 14.6 Å². The first-order valence-corrected chi connectivity index (χ1v) is 5.74. The molecule has 0 fully saturated rings. The third-order valence-corrected chi connectivity index (χ3v) is 2.94. The standard InChI is InChI=1S/C11H8Br2N/c1-14-4-2-3-11(14)8-5-9(12)7-10(13)6-8/h3-7H,1H3. The van der Waals surface area contributed by atoms with Gasteiger partial charge in [0.1, 0.15) is 0 Å². The minimum absolute atomic E-state index is 1.07. The largest absolute Gasteiger partial charge is 0.350 e. The highest BCUT2D eigenvalue weighted by Crippen LogP contribution is 2.27. The summed E-state index contributed by atoms with van der Waals surface area (Å²) < 4.78 is 4.19. The molecular formula is C11H8Br2N. The molecule has 1 aromatic heterocycles. The van der Waals surface area contributed by atoms with E-state index in [4.69, 9.17) is 0 Å². The average Bonchev–Trinajstić information content (AvgIpc) is 2.49. The molecule has 0 saturated heterocycles. The first kappa shape index (κ1) is 9.99. The van der Waals surface area contributed by atoms with Gasteiger partial charge in [-0.05, 0) is 24.3 Å². The van der Waals surface area contributed by atoms with Crippen LogP contribution in [0.3, 0.4) is 0 Å². The van der Waals surface area contributed by atoms with Crippen LogP contribution in [0.2, 0.25) is 0 Å². The average molecular weight is 314 g/mol. The maximum absolute atomic E-state index is 3.47. The van der Waals surface area contributed by atoms with Crippen LogP contribution in [0.15, 0.2) is 39.4 Å². The number of halogens is 2. The Labute approximate surface area is 100 Å². The summed E-state index contributed by atoms with van der Waals surface area (Å²) in [5, 5.41) is 0. The first-order valence-electron chi connectivity index (χ1n) is 4.16. The number of aromatic nitrogens is 1. The summed E-state index contributed by atoms with van der Waals surface area (Å²) in [7, 11) is 2.01. The summed E-state index contributed by atoms with van der Waals surface area (Å²) in [6.45, 7) is 0. The van der Waals surface area contributed by atoms with Gasteiger partial charge in [-0.15, -0.1) is 0 Å². The van der Waals surface area contributed by atoms with Crippen molar-refractivity contribution in [3.8, 4) is 11.3 Å². The highest BCUT2D eigenvalue weighted by Gasteiger charge is 2.03. The Kier molecular flexibility index (Phi) is 2.79. The molecule has 0 aliphatic rings. The zero-order chi connectivity index (χ0) is 10.1. The van der Waals surface area contributed by atoms with Gasteiger partial charge in [-0.2, -0.15) is 0 Å². The van der Waals surface area contributed by atoms with Gasteiger partial charge in [0, 0.05) is 39.5 Å². The predicted octanol–water partition coefficient (Wildman–Crippen LogP) is 4.02. The summed E-state index contributed by atoms with van der Waals surface area (Å²) in [6, 6.07) is 11.3. The third kappa shape index (κ3) is 1.93. The number of hydrogen-bond acceptors (Lipinski definition) is 0. The maximum Gasteiger partial charge on any atom is 0.0484 e. The minimum atomic E-state index is 1.07. The van der Waals surface area contributed by atoms with Gasteiger partial charge < -0.3 is 4.57 Å². The Balaban J connectivity index is 2.57. The van der Waals surface area contributed by atoms with Gasteiger partial charge in [-0.25, -0.2) is 0 Å². The van der Waals surface area contributed by atoms with Crippen LogP contribution in [-0.2, 0) is 7.05 Å². The van der Waals surface area contributed by atoms with Crippen LogP contribution in [0, 0.1) is 6.07 Å². The molecule has 3 heteroatoms. The molecule has 0 N–H and O–H groups in total. The molecule has 14 heavy (non-hydrogen) atoms. The van der Waals surface area contributed by atoms with Crippen LogP contribution >= 0.6 is 31.9 Å². The fourth-order valence-electron chi connectivity index (χ4n) is 1.39. The lowest BCUT2D eigenvalue weighted by Gasteiger charge is -2.04. The van der Waals surface area contributed by atoms with E-state index in [-0.39, 0.29) is 0 Å². The van der Waals surface area contributed by atoms with E-state index in [9.17, 15) is 0 Å². The zero-order valence-electron chi connectivity index (χ0n) is 7.59. The molecule has 0 aliphatic heterocycles. The molecule has 0 atom stereocenters. The Bertz CT molecular complexity index is 440. The topological polar surface area (TPSA) is 4.93 Å². The molecule has 0 amide bonds. The molecule has 71 valence electrons. The number of nitrogens with zero attached hydrogens (tertiary/aromatic N) is 1. The predicted molar refractivity (Wildman–Crippen MR) is 65.1 cm³/mol. The van der Waals surface area contributed by atoms with E-state index in [1.54, 1.807) is 0 Å². The molecule has 2 aromatic rings. The number of hydrogen-bond donors (Lipinski definition) is 0. The van der Waals surface area contributed by atoms with E-state index in [1.807, 2.05) is 29.9 Å². The van der Waals surface area contributed by atoms with Crippen LogP contribution < -0.4 is 0 Å². The van der Waals surface area contributed by atoms with E-state index in [0.29, 0.717) is 0 Å². The molecule has 0 spiro atoms. The lowest BCUT2D eigenvalue weighted by molar-refractivity contribution is 0.936. The third-order valence-electron chi connectivity index (χ3n) is 2.03. The molecule has 1 radical (unpaired) electrons. The minimum Gasteiger partial charge on any atom is -0.350 e. The second-order valence-corrected chi connectivity index (χ2v) is 4.93. The van der Waals surface area contributed by atoms with Gasteiger partial charge in [0.05, 0.1) is 0 Å². The number of rotatable bonds is 1. The van der Waals surface area contributed by atoms with Crippen molar-refractivity contribution < 1.29 is 0 Å². The van der Waals surface area contributed by atoms with Crippen LogP contribution in [0.5, 0.6) is 0 Å². The van der Waals surface area contributed by atoms with E-state index in [2.05, 4.69) is 50.1 Å². The highest BCUT2D eigenvalue weighted by molar-refractivity contribution is 9.11. The molecule has 1 aromatic carbocycles. The van der Waals surface area contributed by atoms with Gasteiger partial charge in [-0.1, -0.05) is 31.9 Å². The van der Waals surface area contributed by atoms with Crippen molar-refractivity contribution >= 4 is 31.9 Å². The van der Waals surface area contributed by atoms with Crippen molar-refractivity contribution in [2.45, 2.75) is 0 Å². The lowest BCUT2D eigenvalue weighted by atomic mass is 10.1. The monoisotopic (exact) mass is 312 g/mol. The SMILES string of the molecule is Cn1c[c]cc1-c1cc(Br)cc(Br)c1. The van der Waals surface area contributed by atoms with Crippen LogP contribution in [0.25, 0.3) is 11.3 Å². The second kappa shape index (κ2) is 3.91. The Morgan fingerprint density at radius 2 is 1.79 bits per heavy atom. The first-order chi connectivity index (χ1) is 6.66. The van der Waals surface area contributed by atoms with Gasteiger partial charge in [-0.3, -0.25) is 0 Å². The molecule has 1 heterocycles. The summed E-state index contributed by atoms with van der Waals surface area (Å²) in [5.74, 6) is 0. The fraction of sp³-hybridized carbons (Fsp3) is 0.0909. The number of benzene rings is 1. The molecule has 0 bridgehead atoms. The van der Waals surface area contributed by atoms with Crippen LogP contribution in [0.4, 0.5) is 0 Å². The van der Waals surface area contributed by atoms with Crippen molar-refractivity contribution in [1.82, 2.24) is 4.57 Å². The summed E-state index contributed by atoms with van der Waals surface area (Å²) in [6.07, 6.45) is 1.92. The summed E-state index contributed by atoms with van der Waals surface area (Å²) >= 11 is 6.95. The van der Waals surface area contributed by atoms with E-state index >= 15 is 0 Å². The molecule has 2 rings (SSSR count). The van der Waals surface area contributed by atoms with Gasteiger partial charge in [0.2, 0.25) is 0 Å². The quantitative estimate of drug-likeness (QED) is 0.749. The van der Waals surface area contributed by atoms with Crippen molar-refractivity contribution in [2.24, 2.45) is 7.05 Å². The molecule has 1 nitrogen and oxygen atoms in total. The van der Waals surface area contributed by atoms with Crippen molar-refractivity contribution in [3.05, 3.63) is 45.5 Å². The van der Waals surface area contributed by atoms with Crippen molar-refractivity contribution in [3.63, 3.8) is 0 Å². The molecule has 0 aliphatic carbocycles. The second-order valence-electron chi connectivity index (χ2n) is 3.09. The Morgan fingerprint density at radius 1 is 1.14 bits per heavy atom. The Hall–Kier alpha value is -0.540. The fourth-order valence-corrected chi connectivity index (χ4v) is 2.68. The Morgan fingerprint density at radius 3 is 2.29 bits per heavy atom. The maximum atomic E-state index is 3.47. The zero-order valence-corrected chi connectivity index (χ0v) is 10.8. The number of aryl methyl sites for hydroxylation is 1. The van der Waals surface area contributed by atoms with Crippen molar-refractivity contribution in [2.75, 3.05) is 0 Å². The normalized spacial score (nSPS) is 10.5. The van der Waals surface area contributed by atoms with Crippen molar-refractivity contribution in [1.29, 1.82) is 0 Å². The highest BCUT2D eigenvalue weighted by atomic mass is 79.9. The molecule has 0 unspecified atom stereocenters. The van der Waals surface area contributed by atoms with Gasteiger partial charge in [0.15, 0.2) is 0 Å². The van der Waals surface area contributed by atoms with E-state index in [1.165, 1.54) is 5.56 Å². The summed E-state index contributed by atoms with van der Waals surface area (Å²) in [4.78, 5) is 0. The van der Waals surface area contributed by atoms with Crippen LogP contribution in [-0.4, -0.2) is 4.57 Å². The smallest absolute Gasteiger partial charge is 0.0484 e. The van der Waals surface area contributed by atoms with Gasteiger partial charge >= 0.3 is 0 Å². The molecule has 0 saturated carbocycles. The van der Waals surface area contributed by atoms with Gasteiger partial charge in [0.25, 0.3) is 0 Å². The van der Waals surface area contributed by atoms with Crippen LogP contribution in [0.1, 0.15) is 0 Å². The van der Waals surface area contributed by atoms with E-state index < -0.39 is 0 Å². The lowest BCUT2D eigenvalue weighted by Crippen LogP contribution is -1.89. The molecular weight excluding hydrogens is 306 g/mol. The summed E-state index contributed by atoms with van der Waals surface area (Å²) in [5.41, 5.74) is 2.34.